The summed E-state index contributed by atoms with van der Waals surface area (Å²) in [5, 5.41) is 0. The van der Waals surface area contributed by atoms with Crippen LogP contribution in [0.1, 0.15) is 40.5 Å². The van der Waals surface area contributed by atoms with Crippen LogP contribution in [-0.2, 0) is 14.3 Å². The summed E-state index contributed by atoms with van der Waals surface area (Å²) in [6.45, 7) is 7.55. The van der Waals surface area contributed by atoms with Gasteiger partial charge in [-0.25, -0.2) is 9.59 Å². The van der Waals surface area contributed by atoms with Crippen molar-refractivity contribution in [2.75, 3.05) is 7.11 Å². The van der Waals surface area contributed by atoms with Crippen molar-refractivity contribution in [3.63, 3.8) is 0 Å². The van der Waals surface area contributed by atoms with Crippen LogP contribution in [0.3, 0.4) is 0 Å². The normalized spacial score (nSPS) is 33.9. The fraction of sp³-hybridized carbons (Fsp3) is 0.846. The SMILES string of the molecule is COC(=O)[C@@H]1C[C@]2(C)CC2N1C(=O)OC(C)(C)C. The highest BCUT2D eigenvalue weighted by Gasteiger charge is 2.65. The molecule has 1 saturated carbocycles. The van der Waals surface area contributed by atoms with Gasteiger partial charge in [0, 0.05) is 6.04 Å². The van der Waals surface area contributed by atoms with Gasteiger partial charge < -0.3 is 9.47 Å². The highest BCUT2D eigenvalue weighted by Crippen LogP contribution is 2.59. The third-order valence-corrected chi connectivity index (χ3v) is 3.71. The van der Waals surface area contributed by atoms with E-state index in [2.05, 4.69) is 6.92 Å². The third-order valence-electron chi connectivity index (χ3n) is 3.71. The van der Waals surface area contributed by atoms with E-state index in [0.717, 1.165) is 6.42 Å². The van der Waals surface area contributed by atoms with Gasteiger partial charge in [0.2, 0.25) is 0 Å². The van der Waals surface area contributed by atoms with Gasteiger partial charge in [0.25, 0.3) is 0 Å². The molecule has 2 rings (SSSR count). The number of ether oxygens (including phenoxy) is 2. The van der Waals surface area contributed by atoms with Gasteiger partial charge in [-0.3, -0.25) is 4.90 Å². The number of rotatable bonds is 1. The Balaban J connectivity index is 2.14. The molecule has 1 saturated heterocycles. The zero-order valence-corrected chi connectivity index (χ0v) is 11.6. The summed E-state index contributed by atoms with van der Waals surface area (Å²) >= 11 is 0. The number of fused-ring (bicyclic) bond motifs is 1. The van der Waals surface area contributed by atoms with Crippen LogP contribution in [0.25, 0.3) is 0 Å². The maximum absolute atomic E-state index is 12.2. The molecule has 0 spiro atoms. The average molecular weight is 255 g/mol. The monoisotopic (exact) mass is 255 g/mol. The molecule has 1 amide bonds. The lowest BCUT2D eigenvalue weighted by molar-refractivity contribution is -0.146. The van der Waals surface area contributed by atoms with Crippen LogP contribution >= 0.6 is 0 Å². The van der Waals surface area contributed by atoms with Crippen LogP contribution in [0.15, 0.2) is 0 Å². The fourth-order valence-electron chi connectivity index (χ4n) is 2.70. The minimum absolute atomic E-state index is 0.0652. The molecule has 3 atom stereocenters. The summed E-state index contributed by atoms with van der Waals surface area (Å²) in [4.78, 5) is 25.5. The third kappa shape index (κ3) is 2.18. The van der Waals surface area contributed by atoms with Gasteiger partial charge in [0.15, 0.2) is 0 Å². The van der Waals surface area contributed by atoms with Crippen molar-refractivity contribution in [1.29, 1.82) is 0 Å². The van der Waals surface area contributed by atoms with Crippen LogP contribution in [0.4, 0.5) is 4.79 Å². The van der Waals surface area contributed by atoms with E-state index in [9.17, 15) is 9.59 Å². The summed E-state index contributed by atoms with van der Waals surface area (Å²) in [5.41, 5.74) is -0.485. The number of carbonyl (C=O) groups excluding carboxylic acids is 2. The molecule has 0 N–H and O–H groups in total. The Labute approximate surface area is 107 Å². The quantitative estimate of drug-likeness (QED) is 0.672. The smallest absolute Gasteiger partial charge is 0.411 e. The number of methoxy groups -OCH3 is 1. The molecule has 102 valence electrons. The second kappa shape index (κ2) is 3.87. The van der Waals surface area contributed by atoms with E-state index in [1.165, 1.54) is 7.11 Å². The molecule has 1 unspecified atom stereocenters. The number of piperidine rings is 1. The molecule has 1 aliphatic carbocycles. The molecule has 18 heavy (non-hydrogen) atoms. The Morgan fingerprint density at radius 3 is 2.39 bits per heavy atom. The lowest BCUT2D eigenvalue weighted by Crippen LogP contribution is -2.46. The van der Waals surface area contributed by atoms with E-state index < -0.39 is 17.7 Å². The Hall–Kier alpha value is -1.26. The highest BCUT2D eigenvalue weighted by molar-refractivity contribution is 5.83. The zero-order valence-electron chi connectivity index (χ0n) is 11.6. The van der Waals surface area contributed by atoms with Gasteiger partial charge in [0.05, 0.1) is 7.11 Å². The Kier molecular flexibility index (Phi) is 2.83. The first-order valence-electron chi connectivity index (χ1n) is 6.27. The van der Waals surface area contributed by atoms with Gasteiger partial charge in [-0.05, 0) is 39.0 Å². The van der Waals surface area contributed by atoms with Gasteiger partial charge in [-0.2, -0.15) is 0 Å². The van der Waals surface area contributed by atoms with Crippen LogP contribution in [-0.4, -0.2) is 41.8 Å². The van der Waals surface area contributed by atoms with E-state index in [4.69, 9.17) is 9.47 Å². The second-order valence-corrected chi connectivity index (χ2v) is 6.50. The van der Waals surface area contributed by atoms with Crippen molar-refractivity contribution in [2.24, 2.45) is 5.41 Å². The number of carbonyl (C=O) groups is 2. The van der Waals surface area contributed by atoms with E-state index >= 15 is 0 Å². The van der Waals surface area contributed by atoms with Crippen LogP contribution in [0.2, 0.25) is 0 Å². The molecule has 0 bridgehead atoms. The van der Waals surface area contributed by atoms with Crippen molar-refractivity contribution < 1.29 is 19.1 Å². The van der Waals surface area contributed by atoms with E-state index in [1.807, 2.05) is 20.8 Å². The first-order chi connectivity index (χ1) is 8.18. The lowest BCUT2D eigenvalue weighted by Gasteiger charge is -2.29. The Morgan fingerprint density at radius 2 is 1.89 bits per heavy atom. The predicted octanol–water partition coefficient (Wildman–Crippen LogP) is 1.95. The molecule has 2 aliphatic rings. The number of hydrogen-bond acceptors (Lipinski definition) is 4. The van der Waals surface area contributed by atoms with Gasteiger partial charge in [-0.1, -0.05) is 6.92 Å². The van der Waals surface area contributed by atoms with Crippen molar-refractivity contribution in [2.45, 2.75) is 58.2 Å². The molecule has 2 fully saturated rings. The summed E-state index contributed by atoms with van der Waals surface area (Å²) in [7, 11) is 1.35. The van der Waals surface area contributed by atoms with Crippen molar-refractivity contribution in [3.8, 4) is 0 Å². The number of nitrogens with zero attached hydrogens (tertiary/aromatic N) is 1. The molecule has 0 aromatic heterocycles. The van der Waals surface area contributed by atoms with Crippen LogP contribution in [0, 0.1) is 5.41 Å². The number of amides is 1. The fourth-order valence-corrected chi connectivity index (χ4v) is 2.70. The van der Waals surface area contributed by atoms with E-state index in [1.54, 1.807) is 4.90 Å². The number of hydrogen-bond donors (Lipinski definition) is 0. The summed E-state index contributed by atoms with van der Waals surface area (Å²) in [5.74, 6) is -0.353. The topological polar surface area (TPSA) is 55.8 Å². The van der Waals surface area contributed by atoms with Gasteiger partial charge >= 0.3 is 12.1 Å². The van der Waals surface area contributed by atoms with E-state index in [-0.39, 0.29) is 17.4 Å². The lowest BCUT2D eigenvalue weighted by atomic mass is 10.0. The van der Waals surface area contributed by atoms with E-state index in [0.29, 0.717) is 6.42 Å². The molecular weight excluding hydrogens is 234 g/mol. The van der Waals surface area contributed by atoms with Gasteiger partial charge in [0.1, 0.15) is 11.6 Å². The minimum atomic E-state index is -0.550. The average Bonchev–Trinajstić information content (AvgIpc) is 2.77. The van der Waals surface area contributed by atoms with Crippen molar-refractivity contribution in [3.05, 3.63) is 0 Å². The summed E-state index contributed by atoms with van der Waals surface area (Å²) < 4.78 is 10.1. The maximum Gasteiger partial charge on any atom is 0.411 e. The largest absolute Gasteiger partial charge is 0.467 e. The molecule has 0 radical (unpaired) electrons. The molecule has 1 aliphatic heterocycles. The molecule has 5 nitrogen and oxygen atoms in total. The molecule has 1 heterocycles. The molecule has 0 aromatic carbocycles. The summed E-state index contributed by atoms with van der Waals surface area (Å²) in [6, 6.07) is -0.370. The molecule has 0 aromatic rings. The van der Waals surface area contributed by atoms with Crippen molar-refractivity contribution >= 4 is 12.1 Å². The predicted molar refractivity (Wildman–Crippen MR) is 65.0 cm³/mol. The van der Waals surface area contributed by atoms with Crippen LogP contribution in [0.5, 0.6) is 0 Å². The molecular formula is C13H21NO4. The Morgan fingerprint density at radius 1 is 1.28 bits per heavy atom. The van der Waals surface area contributed by atoms with Gasteiger partial charge in [-0.15, -0.1) is 0 Å². The number of esters is 1. The number of likely N-dealkylation sites (tertiary alicyclic amines) is 1. The summed E-state index contributed by atoms with van der Waals surface area (Å²) in [6.07, 6.45) is 1.20. The first kappa shape index (κ1) is 13.2. The van der Waals surface area contributed by atoms with Crippen LogP contribution < -0.4 is 0 Å². The Bertz CT molecular complexity index is 387. The second-order valence-electron chi connectivity index (χ2n) is 6.50. The van der Waals surface area contributed by atoms with Crippen molar-refractivity contribution in [1.82, 2.24) is 4.90 Å². The first-order valence-corrected chi connectivity index (χ1v) is 6.27. The standard InChI is InChI=1S/C13H21NO4/c1-12(2,3)18-11(16)14-8(10(15)17-5)6-13(4)7-9(13)14/h8-9H,6-7H2,1-5H3/t8-,9?,13+/m0/s1. The minimum Gasteiger partial charge on any atom is -0.467 e. The highest BCUT2D eigenvalue weighted by atomic mass is 16.6. The zero-order chi connectivity index (χ0) is 13.7. The molecule has 5 heteroatoms. The maximum atomic E-state index is 12.2.